The third-order valence-corrected chi connectivity index (χ3v) is 3.45. The molecule has 0 unspecified atom stereocenters. The first-order chi connectivity index (χ1) is 10.7. The van der Waals surface area contributed by atoms with Crippen LogP contribution in [0.1, 0.15) is 28.8 Å². The molecule has 126 valence electrons. The van der Waals surface area contributed by atoms with Crippen LogP contribution in [0.3, 0.4) is 0 Å². The van der Waals surface area contributed by atoms with Crippen molar-refractivity contribution in [1.82, 2.24) is 10.6 Å². The molecule has 0 heterocycles. The van der Waals surface area contributed by atoms with Crippen molar-refractivity contribution in [3.05, 3.63) is 29.3 Å². The molecule has 1 aliphatic rings. The Morgan fingerprint density at radius 2 is 1.91 bits per heavy atom. The van der Waals surface area contributed by atoms with Gasteiger partial charge in [-0.25, -0.2) is 4.79 Å². The molecule has 1 saturated carbocycles. The standard InChI is InChI=1S/C15H18F3N3O2/c1-9-2-5-11(13(22)20-8-15(16,17)18)6-12(9)21-14(23)19-7-10-3-4-10/h2,5-6,10H,3-4,7-8H2,1H3,(H,20,22)(H2,19,21,23). The van der Waals surface area contributed by atoms with Crippen LogP contribution in [-0.4, -0.2) is 31.2 Å². The summed E-state index contributed by atoms with van der Waals surface area (Å²) >= 11 is 0. The molecule has 0 atom stereocenters. The topological polar surface area (TPSA) is 70.2 Å². The van der Waals surface area contributed by atoms with Gasteiger partial charge in [0.15, 0.2) is 0 Å². The van der Waals surface area contributed by atoms with E-state index < -0.39 is 24.7 Å². The van der Waals surface area contributed by atoms with Crippen molar-refractivity contribution in [3.63, 3.8) is 0 Å². The highest BCUT2D eigenvalue weighted by molar-refractivity contribution is 5.97. The highest BCUT2D eigenvalue weighted by Gasteiger charge is 2.28. The van der Waals surface area contributed by atoms with Gasteiger partial charge >= 0.3 is 12.2 Å². The van der Waals surface area contributed by atoms with E-state index in [4.69, 9.17) is 0 Å². The molecule has 5 nitrogen and oxygen atoms in total. The average Bonchev–Trinajstić information content (AvgIpc) is 3.28. The molecule has 0 radical (unpaired) electrons. The van der Waals surface area contributed by atoms with Crippen molar-refractivity contribution in [2.24, 2.45) is 5.92 Å². The third kappa shape index (κ3) is 5.80. The van der Waals surface area contributed by atoms with Gasteiger partial charge in [-0.15, -0.1) is 0 Å². The molecule has 0 bridgehead atoms. The first-order valence-corrected chi connectivity index (χ1v) is 7.25. The molecule has 3 amide bonds. The number of halogens is 3. The number of urea groups is 1. The zero-order chi connectivity index (χ0) is 17.0. The Kier molecular flexibility index (Phi) is 5.12. The molecule has 3 N–H and O–H groups in total. The summed E-state index contributed by atoms with van der Waals surface area (Å²) in [5.74, 6) is -0.315. The molecule has 2 rings (SSSR count). The van der Waals surface area contributed by atoms with E-state index in [1.165, 1.54) is 12.1 Å². The quantitative estimate of drug-likeness (QED) is 0.777. The normalized spacial score (nSPS) is 14.3. The van der Waals surface area contributed by atoms with Gasteiger partial charge in [-0.05, 0) is 43.4 Å². The minimum atomic E-state index is -4.47. The molecule has 23 heavy (non-hydrogen) atoms. The number of alkyl halides is 3. The zero-order valence-corrected chi connectivity index (χ0v) is 12.6. The third-order valence-electron chi connectivity index (χ3n) is 3.45. The highest BCUT2D eigenvalue weighted by atomic mass is 19.4. The SMILES string of the molecule is Cc1ccc(C(=O)NCC(F)(F)F)cc1NC(=O)NCC1CC1. The minimum absolute atomic E-state index is 0.0531. The van der Waals surface area contributed by atoms with Crippen LogP contribution in [0.25, 0.3) is 0 Å². The Bertz CT molecular complexity index is 598. The van der Waals surface area contributed by atoms with Crippen LogP contribution in [-0.2, 0) is 0 Å². The molecule has 0 spiro atoms. The molecule has 1 fully saturated rings. The Balaban J connectivity index is 1.96. The maximum atomic E-state index is 12.1. The summed E-state index contributed by atoms with van der Waals surface area (Å²) in [4.78, 5) is 23.5. The van der Waals surface area contributed by atoms with E-state index in [1.807, 2.05) is 0 Å². The maximum absolute atomic E-state index is 12.1. The molecule has 1 aromatic rings. The molecule has 0 saturated heterocycles. The Hall–Kier alpha value is -2.25. The second-order valence-corrected chi connectivity index (χ2v) is 5.61. The Morgan fingerprint density at radius 3 is 2.52 bits per heavy atom. The molecule has 0 aliphatic heterocycles. The number of carbonyl (C=O) groups excluding carboxylic acids is 2. The van der Waals surface area contributed by atoms with Crippen molar-refractivity contribution < 1.29 is 22.8 Å². The van der Waals surface area contributed by atoms with Crippen LogP contribution in [0, 0.1) is 12.8 Å². The number of hydrogen-bond acceptors (Lipinski definition) is 2. The lowest BCUT2D eigenvalue weighted by Crippen LogP contribution is -2.34. The van der Waals surface area contributed by atoms with Gasteiger partial charge in [0.2, 0.25) is 0 Å². The fourth-order valence-electron chi connectivity index (χ4n) is 1.91. The van der Waals surface area contributed by atoms with Gasteiger partial charge in [-0.3, -0.25) is 4.79 Å². The summed E-state index contributed by atoms with van der Waals surface area (Å²) in [6.45, 7) is 0.925. The smallest absolute Gasteiger partial charge is 0.343 e. The van der Waals surface area contributed by atoms with E-state index in [-0.39, 0.29) is 5.56 Å². The summed E-state index contributed by atoms with van der Waals surface area (Å²) in [6.07, 6.45) is -2.26. The first kappa shape index (κ1) is 17.1. The number of rotatable bonds is 5. The lowest BCUT2D eigenvalue weighted by Gasteiger charge is -2.12. The van der Waals surface area contributed by atoms with Crippen LogP contribution in [0.15, 0.2) is 18.2 Å². The van der Waals surface area contributed by atoms with E-state index >= 15 is 0 Å². The van der Waals surface area contributed by atoms with Crippen LogP contribution in [0.2, 0.25) is 0 Å². The molecular weight excluding hydrogens is 311 g/mol. The molecule has 0 aromatic heterocycles. The number of amides is 3. The van der Waals surface area contributed by atoms with Crippen LogP contribution < -0.4 is 16.0 Å². The summed E-state index contributed by atoms with van der Waals surface area (Å²) in [7, 11) is 0. The number of hydrogen-bond donors (Lipinski definition) is 3. The van der Waals surface area contributed by atoms with Gasteiger partial charge in [-0.2, -0.15) is 13.2 Å². The molecule has 1 aliphatic carbocycles. The van der Waals surface area contributed by atoms with Gasteiger partial charge in [0.05, 0.1) is 0 Å². The molecule has 1 aromatic carbocycles. The number of nitrogens with one attached hydrogen (secondary N) is 3. The predicted molar refractivity (Wildman–Crippen MR) is 79.3 cm³/mol. The van der Waals surface area contributed by atoms with Gasteiger partial charge in [0.25, 0.3) is 5.91 Å². The number of anilines is 1. The molecule has 8 heteroatoms. The van der Waals surface area contributed by atoms with Crippen LogP contribution >= 0.6 is 0 Å². The summed E-state index contributed by atoms with van der Waals surface area (Å²) in [5, 5.41) is 7.12. The Labute approximate surface area is 131 Å². The van der Waals surface area contributed by atoms with E-state index in [9.17, 15) is 22.8 Å². The van der Waals surface area contributed by atoms with Crippen molar-refractivity contribution in [2.75, 3.05) is 18.4 Å². The fraction of sp³-hybridized carbons (Fsp3) is 0.467. The van der Waals surface area contributed by atoms with Gasteiger partial charge < -0.3 is 16.0 Å². The molecular formula is C15H18F3N3O2. The summed E-state index contributed by atoms with van der Waals surface area (Å²) < 4.78 is 36.4. The minimum Gasteiger partial charge on any atom is -0.343 e. The van der Waals surface area contributed by atoms with Crippen LogP contribution in [0.4, 0.5) is 23.7 Å². The van der Waals surface area contributed by atoms with Crippen LogP contribution in [0.5, 0.6) is 0 Å². The number of carbonyl (C=O) groups is 2. The Morgan fingerprint density at radius 1 is 1.22 bits per heavy atom. The maximum Gasteiger partial charge on any atom is 0.405 e. The lowest BCUT2D eigenvalue weighted by atomic mass is 10.1. The second-order valence-electron chi connectivity index (χ2n) is 5.61. The number of aryl methyl sites for hydroxylation is 1. The van der Waals surface area contributed by atoms with Crippen molar-refractivity contribution in [3.8, 4) is 0 Å². The first-order valence-electron chi connectivity index (χ1n) is 7.25. The predicted octanol–water partition coefficient (Wildman–Crippen LogP) is 2.82. The second kappa shape index (κ2) is 6.89. The van der Waals surface area contributed by atoms with E-state index in [2.05, 4.69) is 10.6 Å². The lowest BCUT2D eigenvalue weighted by molar-refractivity contribution is -0.123. The van der Waals surface area contributed by atoms with Gasteiger partial charge in [0.1, 0.15) is 6.54 Å². The monoisotopic (exact) mass is 329 g/mol. The summed E-state index contributed by atoms with van der Waals surface area (Å²) in [5.41, 5.74) is 1.15. The van der Waals surface area contributed by atoms with Gasteiger partial charge in [-0.1, -0.05) is 6.07 Å². The average molecular weight is 329 g/mol. The van der Waals surface area contributed by atoms with Crippen molar-refractivity contribution >= 4 is 17.6 Å². The number of benzene rings is 1. The van der Waals surface area contributed by atoms with E-state index in [0.29, 0.717) is 23.7 Å². The largest absolute Gasteiger partial charge is 0.405 e. The van der Waals surface area contributed by atoms with Gasteiger partial charge in [0, 0.05) is 17.8 Å². The van der Waals surface area contributed by atoms with Crippen molar-refractivity contribution in [2.45, 2.75) is 25.9 Å². The highest BCUT2D eigenvalue weighted by Crippen LogP contribution is 2.27. The summed E-state index contributed by atoms with van der Waals surface area (Å²) in [6, 6.07) is 3.94. The fourth-order valence-corrected chi connectivity index (χ4v) is 1.91. The van der Waals surface area contributed by atoms with Crippen molar-refractivity contribution in [1.29, 1.82) is 0 Å². The van der Waals surface area contributed by atoms with E-state index in [1.54, 1.807) is 18.3 Å². The zero-order valence-electron chi connectivity index (χ0n) is 12.6. The van der Waals surface area contributed by atoms with E-state index in [0.717, 1.165) is 12.8 Å².